The van der Waals surface area contributed by atoms with Gasteiger partial charge in [-0.15, -0.1) is 6.58 Å². The summed E-state index contributed by atoms with van der Waals surface area (Å²) in [7, 11) is 0. The van der Waals surface area contributed by atoms with Gasteiger partial charge in [0.1, 0.15) is 0 Å². The Morgan fingerprint density at radius 1 is 1.83 bits per heavy atom. The molecule has 6 nitrogen and oxygen atoms in total. The van der Waals surface area contributed by atoms with Crippen molar-refractivity contribution in [2.75, 3.05) is 0 Å². The smallest absolute Gasteiger partial charge is 0.390 e. The molecule has 0 fully saturated rings. The Labute approximate surface area is 68.7 Å². The summed E-state index contributed by atoms with van der Waals surface area (Å²) < 4.78 is 1.42. The van der Waals surface area contributed by atoms with Crippen molar-refractivity contribution in [3.63, 3.8) is 0 Å². The van der Waals surface area contributed by atoms with E-state index in [2.05, 4.69) is 16.7 Å². The van der Waals surface area contributed by atoms with Crippen LogP contribution in [0.3, 0.4) is 0 Å². The van der Waals surface area contributed by atoms with Crippen molar-refractivity contribution >= 4 is 5.95 Å². The van der Waals surface area contributed by atoms with Crippen LogP contribution in [0.1, 0.15) is 5.82 Å². The zero-order chi connectivity index (χ0) is 9.14. The largest absolute Gasteiger partial charge is 0.491 e. The number of allylic oxidation sites excluding steroid dienone is 1. The van der Waals surface area contributed by atoms with E-state index in [-0.39, 0.29) is 5.95 Å². The summed E-state index contributed by atoms with van der Waals surface area (Å²) in [6, 6.07) is 0. The Morgan fingerprint density at radius 2 is 2.50 bits per heavy atom. The summed E-state index contributed by atoms with van der Waals surface area (Å²) in [5.41, 5.74) is 0. The van der Waals surface area contributed by atoms with Gasteiger partial charge in [-0.3, -0.25) is 0 Å². The summed E-state index contributed by atoms with van der Waals surface area (Å²) in [5.74, 6) is 0.149. The van der Waals surface area contributed by atoms with E-state index in [1.165, 1.54) is 4.68 Å². The van der Waals surface area contributed by atoms with E-state index < -0.39 is 4.92 Å². The normalized spacial score (nSPS) is 9.75. The zero-order valence-corrected chi connectivity index (χ0v) is 6.60. The molecular formula is C6H8N4O2. The summed E-state index contributed by atoms with van der Waals surface area (Å²) >= 11 is 0. The molecule has 0 aromatic carbocycles. The molecule has 0 N–H and O–H groups in total. The lowest BCUT2D eigenvalue weighted by atomic mass is 10.6. The molecule has 1 aromatic rings. The minimum absolute atomic E-state index is 0.366. The van der Waals surface area contributed by atoms with Gasteiger partial charge in [0.2, 0.25) is 5.82 Å². The Hall–Kier alpha value is -1.72. The Bertz CT molecular complexity index is 317. The van der Waals surface area contributed by atoms with Crippen LogP contribution in [0.5, 0.6) is 0 Å². The van der Waals surface area contributed by atoms with E-state index >= 15 is 0 Å². The summed E-state index contributed by atoms with van der Waals surface area (Å²) in [6.07, 6.45) is 1.60. The predicted molar refractivity (Wildman–Crippen MR) is 41.6 cm³/mol. The molecule has 0 aliphatic heterocycles. The third-order valence-electron chi connectivity index (χ3n) is 1.31. The van der Waals surface area contributed by atoms with Gasteiger partial charge in [0, 0.05) is 12.0 Å². The van der Waals surface area contributed by atoms with E-state index in [1.54, 1.807) is 13.0 Å². The number of nitro groups is 1. The van der Waals surface area contributed by atoms with E-state index in [4.69, 9.17) is 0 Å². The number of nitrogens with zero attached hydrogens (tertiary/aromatic N) is 4. The minimum atomic E-state index is -0.618. The van der Waals surface area contributed by atoms with Crippen LogP contribution in [-0.4, -0.2) is 19.7 Å². The molecule has 1 heterocycles. The van der Waals surface area contributed by atoms with Crippen molar-refractivity contribution in [2.45, 2.75) is 13.5 Å². The number of hydrogen-bond acceptors (Lipinski definition) is 4. The van der Waals surface area contributed by atoms with Crippen molar-refractivity contribution < 1.29 is 4.92 Å². The Morgan fingerprint density at radius 3 is 2.92 bits per heavy atom. The van der Waals surface area contributed by atoms with Crippen molar-refractivity contribution in [1.29, 1.82) is 0 Å². The van der Waals surface area contributed by atoms with E-state index in [9.17, 15) is 10.1 Å². The number of aryl methyl sites for hydroxylation is 1. The highest BCUT2D eigenvalue weighted by molar-refractivity contribution is 5.03. The average Bonchev–Trinajstić information content (AvgIpc) is 2.34. The fraction of sp³-hybridized carbons (Fsp3) is 0.333. The van der Waals surface area contributed by atoms with Crippen LogP contribution in [0.25, 0.3) is 0 Å². The Balaban J connectivity index is 2.99. The van der Waals surface area contributed by atoms with Crippen molar-refractivity contribution in [3.8, 4) is 0 Å². The zero-order valence-electron chi connectivity index (χ0n) is 6.60. The molecule has 1 rings (SSSR count). The summed E-state index contributed by atoms with van der Waals surface area (Å²) in [4.78, 5) is 13.2. The molecule has 6 heteroatoms. The highest BCUT2D eigenvalue weighted by atomic mass is 16.6. The van der Waals surface area contributed by atoms with E-state index in [0.717, 1.165) is 0 Å². The first-order valence-corrected chi connectivity index (χ1v) is 3.32. The van der Waals surface area contributed by atoms with Gasteiger partial charge in [-0.1, -0.05) is 6.08 Å². The monoisotopic (exact) mass is 168 g/mol. The first-order valence-electron chi connectivity index (χ1n) is 3.32. The van der Waals surface area contributed by atoms with Crippen LogP contribution in [0, 0.1) is 17.0 Å². The first-order chi connectivity index (χ1) is 5.65. The standard InChI is InChI=1S/C6H8N4O2/c1-3-4-9-5(2)7-6(8-9)10(11)12/h3H,1,4H2,2H3. The maximum atomic E-state index is 10.2. The van der Waals surface area contributed by atoms with Crippen LogP contribution in [0.2, 0.25) is 0 Å². The molecule has 12 heavy (non-hydrogen) atoms. The Kier molecular flexibility index (Phi) is 2.18. The van der Waals surface area contributed by atoms with E-state index in [1.807, 2.05) is 0 Å². The number of hydrogen-bond donors (Lipinski definition) is 0. The molecule has 0 amide bonds. The number of aromatic nitrogens is 3. The molecule has 0 saturated heterocycles. The predicted octanol–water partition coefficient (Wildman–Crippen LogP) is 0.681. The second-order valence-electron chi connectivity index (χ2n) is 2.19. The van der Waals surface area contributed by atoms with Gasteiger partial charge in [-0.05, 0) is 9.91 Å². The molecule has 0 aliphatic carbocycles. The molecule has 64 valence electrons. The number of rotatable bonds is 3. The van der Waals surface area contributed by atoms with Crippen LogP contribution in [0.15, 0.2) is 12.7 Å². The lowest BCUT2D eigenvalue weighted by molar-refractivity contribution is -0.394. The second kappa shape index (κ2) is 3.12. The first kappa shape index (κ1) is 8.38. The highest BCUT2D eigenvalue weighted by Gasteiger charge is 2.16. The van der Waals surface area contributed by atoms with Crippen LogP contribution in [-0.2, 0) is 6.54 Å². The van der Waals surface area contributed by atoms with Crippen LogP contribution >= 0.6 is 0 Å². The third kappa shape index (κ3) is 1.47. The highest BCUT2D eigenvalue weighted by Crippen LogP contribution is 2.04. The molecule has 0 unspecified atom stereocenters. The molecule has 0 radical (unpaired) electrons. The summed E-state index contributed by atoms with van der Waals surface area (Å²) in [6.45, 7) is 5.59. The van der Waals surface area contributed by atoms with Crippen molar-refractivity contribution in [2.24, 2.45) is 0 Å². The van der Waals surface area contributed by atoms with Gasteiger partial charge >= 0.3 is 5.95 Å². The van der Waals surface area contributed by atoms with Crippen LogP contribution < -0.4 is 0 Å². The quantitative estimate of drug-likeness (QED) is 0.378. The van der Waals surface area contributed by atoms with Gasteiger partial charge in [-0.2, -0.15) is 4.68 Å². The lowest BCUT2D eigenvalue weighted by Gasteiger charge is -1.87. The van der Waals surface area contributed by atoms with Crippen LogP contribution in [0.4, 0.5) is 5.95 Å². The fourth-order valence-corrected chi connectivity index (χ4v) is 0.778. The van der Waals surface area contributed by atoms with Gasteiger partial charge in [0.15, 0.2) is 0 Å². The van der Waals surface area contributed by atoms with Gasteiger partial charge in [0.05, 0.1) is 6.54 Å². The molecule has 1 aromatic heterocycles. The topological polar surface area (TPSA) is 73.8 Å². The average molecular weight is 168 g/mol. The van der Waals surface area contributed by atoms with Crippen molar-refractivity contribution in [3.05, 3.63) is 28.6 Å². The van der Waals surface area contributed by atoms with Gasteiger partial charge in [0.25, 0.3) is 0 Å². The molecule has 0 saturated carbocycles. The fourth-order valence-electron chi connectivity index (χ4n) is 0.778. The maximum Gasteiger partial charge on any atom is 0.491 e. The lowest BCUT2D eigenvalue weighted by Crippen LogP contribution is -2.00. The third-order valence-corrected chi connectivity index (χ3v) is 1.31. The molecule has 0 aliphatic rings. The SMILES string of the molecule is C=CCn1nc([N+](=O)[O-])nc1C. The summed E-state index contributed by atoms with van der Waals surface area (Å²) in [5, 5.41) is 13.8. The second-order valence-corrected chi connectivity index (χ2v) is 2.19. The maximum absolute atomic E-state index is 10.2. The van der Waals surface area contributed by atoms with Gasteiger partial charge in [-0.25, -0.2) is 0 Å². The molecule has 0 spiro atoms. The minimum Gasteiger partial charge on any atom is -0.390 e. The molecular weight excluding hydrogens is 160 g/mol. The molecule has 0 bridgehead atoms. The van der Waals surface area contributed by atoms with Gasteiger partial charge < -0.3 is 10.1 Å². The van der Waals surface area contributed by atoms with E-state index in [0.29, 0.717) is 12.4 Å². The van der Waals surface area contributed by atoms with Crippen molar-refractivity contribution in [1.82, 2.24) is 14.8 Å². The molecule has 0 atom stereocenters.